The zero-order valence-electron chi connectivity index (χ0n) is 9.56. The Balaban J connectivity index is 1.98. The summed E-state index contributed by atoms with van der Waals surface area (Å²) in [4.78, 5) is 0. The monoisotopic (exact) mass is 279 g/mol. The molecular weight excluding hydrogens is 262 g/mol. The molecule has 1 rings (SSSR count). The van der Waals surface area contributed by atoms with Crippen LogP contribution in [0.1, 0.15) is 6.42 Å². The molecule has 0 fully saturated rings. The summed E-state index contributed by atoms with van der Waals surface area (Å²) in [5.74, 6) is 1.04. The Morgan fingerprint density at radius 2 is 2.12 bits per heavy atom. The maximum atomic E-state index is 4.97. The van der Waals surface area contributed by atoms with Crippen molar-refractivity contribution in [3.8, 4) is 0 Å². The number of nitrogens with one attached hydrogen (secondary N) is 1. The van der Waals surface area contributed by atoms with Gasteiger partial charge in [0.15, 0.2) is 8.68 Å². The normalized spacial score (nSPS) is 10.9. The van der Waals surface area contributed by atoms with Crippen molar-refractivity contribution < 1.29 is 4.74 Å². The van der Waals surface area contributed by atoms with Crippen molar-refractivity contribution in [2.75, 3.05) is 38.8 Å². The lowest BCUT2D eigenvalue weighted by molar-refractivity contribution is 0.194. The van der Waals surface area contributed by atoms with Crippen LogP contribution in [0, 0.1) is 0 Å². The van der Waals surface area contributed by atoms with Crippen LogP contribution in [0.5, 0.6) is 0 Å². The molecule has 16 heavy (non-hydrogen) atoms. The summed E-state index contributed by atoms with van der Waals surface area (Å²) in [5, 5.41) is 11.5. The number of rotatable bonds is 9. The summed E-state index contributed by atoms with van der Waals surface area (Å²) < 4.78 is 7.06. The SMILES string of the molecule is COCCCNCCSc1nnc(SC)s1. The van der Waals surface area contributed by atoms with E-state index in [4.69, 9.17) is 4.74 Å². The average Bonchev–Trinajstić information content (AvgIpc) is 2.76. The van der Waals surface area contributed by atoms with Gasteiger partial charge in [-0.15, -0.1) is 10.2 Å². The van der Waals surface area contributed by atoms with E-state index in [-0.39, 0.29) is 0 Å². The van der Waals surface area contributed by atoms with Crippen molar-refractivity contribution in [3.05, 3.63) is 0 Å². The quantitative estimate of drug-likeness (QED) is 0.551. The first-order valence-corrected chi connectivity index (χ1v) is 8.09. The number of aromatic nitrogens is 2. The Bertz CT molecular complexity index is 283. The Morgan fingerprint density at radius 3 is 2.81 bits per heavy atom. The average molecular weight is 279 g/mol. The summed E-state index contributed by atoms with van der Waals surface area (Å²) in [6.45, 7) is 2.84. The van der Waals surface area contributed by atoms with Crippen molar-refractivity contribution in [3.63, 3.8) is 0 Å². The first-order chi connectivity index (χ1) is 7.86. The highest BCUT2D eigenvalue weighted by Gasteiger charge is 2.02. The molecule has 0 saturated heterocycles. The number of thioether (sulfide) groups is 2. The molecule has 0 atom stereocenters. The second kappa shape index (κ2) is 9.23. The lowest BCUT2D eigenvalue weighted by Gasteiger charge is -2.02. The molecule has 0 aliphatic heterocycles. The van der Waals surface area contributed by atoms with Crippen molar-refractivity contribution in [1.82, 2.24) is 15.5 Å². The molecule has 0 bridgehead atoms. The second-order valence-corrected chi connectivity index (χ2v) is 6.36. The van der Waals surface area contributed by atoms with Crippen molar-refractivity contribution in [1.29, 1.82) is 0 Å². The molecule has 0 spiro atoms. The largest absolute Gasteiger partial charge is 0.385 e. The van der Waals surface area contributed by atoms with Crippen LogP contribution in [0.2, 0.25) is 0 Å². The van der Waals surface area contributed by atoms with Crippen molar-refractivity contribution >= 4 is 34.9 Å². The van der Waals surface area contributed by atoms with E-state index in [1.54, 1.807) is 42.0 Å². The highest BCUT2D eigenvalue weighted by molar-refractivity contribution is 8.02. The summed E-state index contributed by atoms with van der Waals surface area (Å²) in [5.41, 5.74) is 0. The molecule has 0 aliphatic rings. The molecule has 92 valence electrons. The van der Waals surface area contributed by atoms with Crippen LogP contribution >= 0.6 is 34.9 Å². The molecule has 4 nitrogen and oxygen atoms in total. The van der Waals surface area contributed by atoms with Crippen LogP contribution in [-0.2, 0) is 4.74 Å². The molecule has 1 aromatic heterocycles. The maximum absolute atomic E-state index is 4.97. The fourth-order valence-corrected chi connectivity index (χ4v) is 3.42. The van der Waals surface area contributed by atoms with Crippen LogP contribution in [0.25, 0.3) is 0 Å². The van der Waals surface area contributed by atoms with Gasteiger partial charge in [0.2, 0.25) is 0 Å². The number of hydrogen-bond acceptors (Lipinski definition) is 7. The van der Waals surface area contributed by atoms with Gasteiger partial charge in [-0.25, -0.2) is 0 Å². The Morgan fingerprint density at radius 1 is 1.31 bits per heavy atom. The van der Waals surface area contributed by atoms with E-state index in [0.717, 1.165) is 40.5 Å². The van der Waals surface area contributed by atoms with E-state index in [0.29, 0.717) is 0 Å². The molecule has 0 aromatic carbocycles. The lowest BCUT2D eigenvalue weighted by atomic mass is 10.4. The minimum Gasteiger partial charge on any atom is -0.385 e. The standard InChI is InChI=1S/C9H17N3OS3/c1-13-6-3-4-10-5-7-15-9-12-11-8(14-2)16-9/h10H,3-7H2,1-2H3. The Hall–Kier alpha value is 0.180. The summed E-state index contributed by atoms with van der Waals surface area (Å²) >= 11 is 5.06. The van der Waals surface area contributed by atoms with Crippen molar-refractivity contribution in [2.45, 2.75) is 15.1 Å². The fourth-order valence-electron chi connectivity index (χ4n) is 1.02. The van der Waals surface area contributed by atoms with E-state index in [1.165, 1.54) is 0 Å². The van der Waals surface area contributed by atoms with Crippen molar-refractivity contribution in [2.24, 2.45) is 0 Å². The second-order valence-electron chi connectivity index (χ2n) is 2.98. The molecule has 0 amide bonds. The van der Waals surface area contributed by atoms with Gasteiger partial charge in [-0.2, -0.15) is 0 Å². The van der Waals surface area contributed by atoms with Crippen LogP contribution in [-0.4, -0.2) is 49.0 Å². The van der Waals surface area contributed by atoms with Gasteiger partial charge in [0.1, 0.15) is 0 Å². The predicted octanol–water partition coefficient (Wildman–Crippen LogP) is 1.98. The zero-order valence-corrected chi connectivity index (χ0v) is 12.0. The Kier molecular flexibility index (Phi) is 8.22. The summed E-state index contributed by atoms with van der Waals surface area (Å²) in [6, 6.07) is 0. The van der Waals surface area contributed by atoms with Gasteiger partial charge in [-0.3, -0.25) is 0 Å². The first kappa shape index (κ1) is 14.2. The van der Waals surface area contributed by atoms with Crippen LogP contribution in [0.4, 0.5) is 0 Å². The van der Waals surface area contributed by atoms with Gasteiger partial charge >= 0.3 is 0 Å². The van der Waals surface area contributed by atoms with E-state index in [2.05, 4.69) is 15.5 Å². The highest BCUT2D eigenvalue weighted by Crippen LogP contribution is 2.26. The first-order valence-electron chi connectivity index (χ1n) is 5.06. The van der Waals surface area contributed by atoms with Gasteiger partial charge in [-0.05, 0) is 19.2 Å². The minimum atomic E-state index is 0.827. The number of hydrogen-bond donors (Lipinski definition) is 1. The molecule has 0 radical (unpaired) electrons. The topological polar surface area (TPSA) is 47.0 Å². The minimum absolute atomic E-state index is 0.827. The molecule has 1 aromatic rings. The van der Waals surface area contributed by atoms with E-state index in [1.807, 2.05) is 6.26 Å². The third kappa shape index (κ3) is 6.05. The smallest absolute Gasteiger partial charge is 0.175 e. The van der Waals surface area contributed by atoms with Gasteiger partial charge < -0.3 is 10.1 Å². The van der Waals surface area contributed by atoms with Gasteiger partial charge in [0, 0.05) is 26.0 Å². The zero-order chi connectivity index (χ0) is 11.6. The Labute approximate surface area is 109 Å². The molecular formula is C9H17N3OS3. The van der Waals surface area contributed by atoms with Crippen LogP contribution < -0.4 is 5.32 Å². The lowest BCUT2D eigenvalue weighted by Crippen LogP contribution is -2.19. The van der Waals surface area contributed by atoms with Crippen LogP contribution in [0.15, 0.2) is 8.68 Å². The predicted molar refractivity (Wildman–Crippen MR) is 71.8 cm³/mol. The highest BCUT2D eigenvalue weighted by atomic mass is 32.2. The van der Waals surface area contributed by atoms with Crippen LogP contribution in [0.3, 0.4) is 0 Å². The summed E-state index contributed by atoms with van der Waals surface area (Å²) in [7, 11) is 1.73. The third-order valence-corrected chi connectivity index (χ3v) is 4.80. The third-order valence-electron chi connectivity index (χ3n) is 1.77. The molecule has 1 heterocycles. The molecule has 0 unspecified atom stereocenters. The van der Waals surface area contributed by atoms with E-state index < -0.39 is 0 Å². The fraction of sp³-hybridized carbons (Fsp3) is 0.778. The van der Waals surface area contributed by atoms with Gasteiger partial charge in [-0.1, -0.05) is 34.9 Å². The molecule has 0 saturated carbocycles. The maximum Gasteiger partial charge on any atom is 0.175 e. The molecule has 0 aliphatic carbocycles. The molecule has 1 N–H and O–H groups in total. The number of ether oxygens (including phenoxy) is 1. The van der Waals surface area contributed by atoms with E-state index >= 15 is 0 Å². The van der Waals surface area contributed by atoms with E-state index in [9.17, 15) is 0 Å². The number of nitrogens with zero attached hydrogens (tertiary/aromatic N) is 2. The molecule has 7 heteroatoms. The van der Waals surface area contributed by atoms with Gasteiger partial charge in [0.05, 0.1) is 0 Å². The van der Waals surface area contributed by atoms with Gasteiger partial charge in [0.25, 0.3) is 0 Å². The number of methoxy groups -OCH3 is 1. The summed E-state index contributed by atoms with van der Waals surface area (Å²) in [6.07, 6.45) is 3.09.